The lowest BCUT2D eigenvalue weighted by molar-refractivity contribution is -0.163. The molecule has 1 heterocycles. The number of carbonyl (C=O) groups is 1. The molecule has 0 spiro atoms. The van der Waals surface area contributed by atoms with E-state index in [1.807, 2.05) is 30.3 Å². The quantitative estimate of drug-likeness (QED) is 0.684. The van der Waals surface area contributed by atoms with E-state index in [1.54, 1.807) is 0 Å². The molecule has 0 radical (unpaired) electrons. The number of rotatable bonds is 6. The van der Waals surface area contributed by atoms with Crippen LogP contribution in [0, 0.1) is 11.8 Å². The third kappa shape index (κ3) is 4.65. The van der Waals surface area contributed by atoms with Gasteiger partial charge in [0.25, 0.3) is 5.91 Å². The van der Waals surface area contributed by atoms with Crippen molar-refractivity contribution in [1.82, 2.24) is 10.2 Å². The number of amides is 1. The minimum atomic E-state index is -1.40. The van der Waals surface area contributed by atoms with Crippen molar-refractivity contribution in [1.29, 1.82) is 0 Å². The number of hydrogen-bond acceptors (Lipinski definition) is 3. The summed E-state index contributed by atoms with van der Waals surface area (Å²) in [6.45, 7) is 2.67. The van der Waals surface area contributed by atoms with Crippen LogP contribution in [0.1, 0.15) is 69.8 Å². The average Bonchev–Trinajstić information content (AvgIpc) is 3.23. The zero-order valence-corrected chi connectivity index (χ0v) is 18.3. The molecule has 1 aliphatic heterocycles. The first kappa shape index (κ1) is 21.6. The molecule has 2 unspecified atom stereocenters. The third-order valence-electron chi connectivity index (χ3n) is 7.57. The molecule has 4 heteroatoms. The van der Waals surface area contributed by atoms with Gasteiger partial charge in [0.2, 0.25) is 0 Å². The van der Waals surface area contributed by atoms with Crippen LogP contribution in [-0.2, 0) is 10.4 Å². The minimum Gasteiger partial charge on any atom is -0.375 e. The van der Waals surface area contributed by atoms with Crippen LogP contribution >= 0.6 is 0 Å². The van der Waals surface area contributed by atoms with Crippen molar-refractivity contribution in [2.24, 2.45) is 11.8 Å². The van der Waals surface area contributed by atoms with Crippen molar-refractivity contribution in [3.63, 3.8) is 0 Å². The molecule has 164 valence electrons. The number of allylic oxidation sites excluding steroid dienone is 2. The molecule has 2 N–H and O–H groups in total. The molecule has 0 aromatic heterocycles. The molecule has 2 fully saturated rings. The van der Waals surface area contributed by atoms with Crippen LogP contribution in [0.5, 0.6) is 0 Å². The Hall–Kier alpha value is -1.65. The number of carbonyl (C=O) groups excluding carboxylic acids is 1. The molecule has 0 bridgehead atoms. The van der Waals surface area contributed by atoms with Gasteiger partial charge in [-0.25, -0.2) is 0 Å². The smallest absolute Gasteiger partial charge is 0.259 e. The fourth-order valence-corrected chi connectivity index (χ4v) is 5.80. The van der Waals surface area contributed by atoms with Gasteiger partial charge in [-0.05, 0) is 75.9 Å². The van der Waals surface area contributed by atoms with Crippen LogP contribution in [0.2, 0.25) is 0 Å². The van der Waals surface area contributed by atoms with E-state index in [9.17, 15) is 9.90 Å². The predicted octanol–water partition coefficient (Wildman–Crippen LogP) is 4.39. The number of piperidine rings is 1. The van der Waals surface area contributed by atoms with Gasteiger partial charge in [0.1, 0.15) is 0 Å². The predicted molar refractivity (Wildman–Crippen MR) is 121 cm³/mol. The second-order valence-electron chi connectivity index (χ2n) is 9.56. The highest BCUT2D eigenvalue weighted by molar-refractivity contribution is 5.87. The second kappa shape index (κ2) is 10.1. The number of benzene rings is 1. The Morgan fingerprint density at radius 3 is 2.47 bits per heavy atom. The van der Waals surface area contributed by atoms with E-state index in [1.165, 1.54) is 6.42 Å². The van der Waals surface area contributed by atoms with Gasteiger partial charge >= 0.3 is 0 Å². The first-order chi connectivity index (χ1) is 14.7. The summed E-state index contributed by atoms with van der Waals surface area (Å²) in [5, 5.41) is 15.6. The lowest BCUT2D eigenvalue weighted by Gasteiger charge is -2.43. The molecule has 3 aliphatic rings. The van der Waals surface area contributed by atoms with E-state index in [0.717, 1.165) is 83.0 Å². The maximum Gasteiger partial charge on any atom is 0.259 e. The van der Waals surface area contributed by atoms with Crippen LogP contribution in [0.25, 0.3) is 0 Å². The normalized spacial score (nSPS) is 25.6. The molecule has 4 nitrogen and oxygen atoms in total. The summed E-state index contributed by atoms with van der Waals surface area (Å²) in [6.07, 6.45) is 15.2. The largest absolute Gasteiger partial charge is 0.375 e. The molecular formula is C26H38N2O2. The molecule has 4 rings (SSSR count). The van der Waals surface area contributed by atoms with E-state index >= 15 is 0 Å². The minimum absolute atomic E-state index is 0.0191. The van der Waals surface area contributed by atoms with Gasteiger partial charge in [-0.15, -0.1) is 0 Å². The first-order valence-electron chi connectivity index (χ1n) is 12.1. The zero-order chi connectivity index (χ0) is 20.8. The van der Waals surface area contributed by atoms with E-state index < -0.39 is 5.60 Å². The number of aliphatic hydroxyl groups is 1. The molecule has 1 saturated heterocycles. The Kier molecular flexibility index (Phi) is 7.27. The van der Waals surface area contributed by atoms with E-state index in [0.29, 0.717) is 5.92 Å². The summed E-state index contributed by atoms with van der Waals surface area (Å²) in [4.78, 5) is 16.4. The highest BCUT2D eigenvalue weighted by Crippen LogP contribution is 2.42. The van der Waals surface area contributed by atoms with Crippen molar-refractivity contribution in [2.45, 2.75) is 75.9 Å². The van der Waals surface area contributed by atoms with Crippen molar-refractivity contribution < 1.29 is 9.90 Å². The van der Waals surface area contributed by atoms with Crippen LogP contribution in [-0.4, -0.2) is 41.6 Å². The van der Waals surface area contributed by atoms with Gasteiger partial charge in [0.15, 0.2) is 5.60 Å². The molecule has 1 amide bonds. The maximum atomic E-state index is 14.2. The Bertz CT molecular complexity index is 707. The Labute approximate surface area is 181 Å². The second-order valence-corrected chi connectivity index (χ2v) is 9.56. The van der Waals surface area contributed by atoms with Crippen LogP contribution in [0.3, 0.4) is 0 Å². The fraction of sp³-hybridized carbons (Fsp3) is 0.654. The third-order valence-corrected chi connectivity index (χ3v) is 7.57. The van der Waals surface area contributed by atoms with E-state index in [2.05, 4.69) is 22.4 Å². The monoisotopic (exact) mass is 410 g/mol. The van der Waals surface area contributed by atoms with Crippen molar-refractivity contribution in [3.8, 4) is 0 Å². The van der Waals surface area contributed by atoms with Gasteiger partial charge in [0.05, 0.1) is 0 Å². The lowest BCUT2D eigenvalue weighted by atomic mass is 9.78. The molecule has 2 atom stereocenters. The Balaban J connectivity index is 1.65. The summed E-state index contributed by atoms with van der Waals surface area (Å²) >= 11 is 0. The molecule has 30 heavy (non-hydrogen) atoms. The van der Waals surface area contributed by atoms with Crippen molar-refractivity contribution in [2.75, 3.05) is 19.6 Å². The van der Waals surface area contributed by atoms with E-state index in [-0.39, 0.29) is 17.9 Å². The Morgan fingerprint density at radius 2 is 1.73 bits per heavy atom. The van der Waals surface area contributed by atoms with Gasteiger partial charge in [-0.2, -0.15) is 0 Å². The molecule has 2 aliphatic carbocycles. The summed E-state index contributed by atoms with van der Waals surface area (Å²) in [7, 11) is 0. The number of nitrogens with zero attached hydrogens (tertiary/aromatic N) is 1. The average molecular weight is 411 g/mol. The van der Waals surface area contributed by atoms with Crippen LogP contribution < -0.4 is 5.32 Å². The first-order valence-corrected chi connectivity index (χ1v) is 12.1. The van der Waals surface area contributed by atoms with Gasteiger partial charge in [-0.3, -0.25) is 4.79 Å². The highest BCUT2D eigenvalue weighted by atomic mass is 16.3. The number of nitrogens with one attached hydrogen (secondary N) is 1. The van der Waals surface area contributed by atoms with Gasteiger partial charge in [-0.1, -0.05) is 55.3 Å². The summed E-state index contributed by atoms with van der Waals surface area (Å²) < 4.78 is 0. The zero-order valence-electron chi connectivity index (χ0n) is 18.3. The topological polar surface area (TPSA) is 52.6 Å². The van der Waals surface area contributed by atoms with Gasteiger partial charge < -0.3 is 15.3 Å². The van der Waals surface area contributed by atoms with Crippen molar-refractivity contribution >= 4 is 5.91 Å². The summed E-state index contributed by atoms with van der Waals surface area (Å²) in [5.74, 6) is 0.470. The maximum absolute atomic E-state index is 14.2. The van der Waals surface area contributed by atoms with Crippen LogP contribution in [0.4, 0.5) is 0 Å². The molecule has 1 aromatic rings. The van der Waals surface area contributed by atoms with Crippen LogP contribution in [0.15, 0.2) is 42.5 Å². The van der Waals surface area contributed by atoms with Crippen molar-refractivity contribution in [3.05, 3.63) is 48.0 Å². The summed E-state index contributed by atoms with van der Waals surface area (Å²) in [5.41, 5.74) is -0.620. The standard InChI is InChI=1S/C26H38N2O2/c29-25(26(30,23-14-8-9-15-23)22-12-6-3-7-13-22)28(24-16-18-27-19-17-24)20-21-10-4-1-2-5-11-21/h1,3-4,6-7,12-13,21,23-24,27,30H,2,5,8-11,14-20H2. The molecule has 1 aromatic carbocycles. The SMILES string of the molecule is O=C(N(CC1CC=CCCC1)C1CCNCC1)C(O)(c1ccccc1)C1CCCC1. The molecular weight excluding hydrogens is 372 g/mol. The highest BCUT2D eigenvalue weighted by Gasteiger charge is 2.49. The number of hydrogen-bond donors (Lipinski definition) is 2. The Morgan fingerprint density at radius 1 is 1.00 bits per heavy atom. The van der Waals surface area contributed by atoms with Gasteiger partial charge in [0, 0.05) is 18.5 Å². The van der Waals surface area contributed by atoms with E-state index in [4.69, 9.17) is 0 Å². The fourth-order valence-electron chi connectivity index (χ4n) is 5.80. The summed E-state index contributed by atoms with van der Waals surface area (Å²) in [6, 6.07) is 9.99. The molecule has 1 saturated carbocycles. The lowest BCUT2D eigenvalue weighted by Crippen LogP contribution is -2.56.